The van der Waals surface area contributed by atoms with Gasteiger partial charge >= 0.3 is 5.97 Å². The molecule has 1 rings (SSSR count). The van der Waals surface area contributed by atoms with E-state index in [1.165, 1.54) is 19.1 Å². The van der Waals surface area contributed by atoms with Gasteiger partial charge in [-0.3, -0.25) is 14.9 Å². The number of anilines is 1. The molecule has 1 aromatic rings. The predicted molar refractivity (Wildman–Crippen MR) is 65.5 cm³/mol. The summed E-state index contributed by atoms with van der Waals surface area (Å²) in [6.45, 7) is 3.57. The highest BCUT2D eigenvalue weighted by Gasteiger charge is 2.16. The van der Waals surface area contributed by atoms with Crippen molar-refractivity contribution in [2.45, 2.75) is 20.3 Å². The number of carboxylic acid groups (broad SMARTS) is 1. The lowest BCUT2D eigenvalue weighted by Gasteiger charge is -2.11. The van der Waals surface area contributed by atoms with Crippen LogP contribution in [0.25, 0.3) is 0 Å². The van der Waals surface area contributed by atoms with Crippen LogP contribution in [0.15, 0.2) is 12.1 Å². The van der Waals surface area contributed by atoms with Crippen molar-refractivity contribution in [1.82, 2.24) is 4.98 Å². The van der Waals surface area contributed by atoms with Crippen LogP contribution in [0.2, 0.25) is 0 Å². The summed E-state index contributed by atoms with van der Waals surface area (Å²) >= 11 is 0. The third kappa shape index (κ3) is 3.41. The Balaban J connectivity index is 2.72. The highest BCUT2D eigenvalue weighted by Crippen LogP contribution is 2.18. The first-order chi connectivity index (χ1) is 8.45. The summed E-state index contributed by atoms with van der Waals surface area (Å²) in [6, 6.07) is 2.83. The number of nitrogens with zero attached hydrogens (tertiary/aromatic N) is 2. The molecule has 98 valence electrons. The summed E-state index contributed by atoms with van der Waals surface area (Å²) in [5.41, 5.74) is 0.249. The minimum absolute atomic E-state index is 0.0502. The van der Waals surface area contributed by atoms with E-state index in [0.29, 0.717) is 17.9 Å². The van der Waals surface area contributed by atoms with E-state index in [0.717, 1.165) is 0 Å². The van der Waals surface area contributed by atoms with Gasteiger partial charge in [-0.25, -0.2) is 4.98 Å². The number of nitro groups is 1. The van der Waals surface area contributed by atoms with Gasteiger partial charge in [-0.05, 0) is 19.4 Å². The maximum Gasteiger partial charge on any atom is 0.308 e. The first-order valence-corrected chi connectivity index (χ1v) is 5.54. The van der Waals surface area contributed by atoms with Crippen LogP contribution >= 0.6 is 0 Å². The lowest BCUT2D eigenvalue weighted by molar-refractivity contribution is -0.385. The molecule has 0 aliphatic heterocycles. The molecule has 0 radical (unpaired) electrons. The van der Waals surface area contributed by atoms with E-state index in [1.54, 1.807) is 6.92 Å². The number of pyridine rings is 1. The van der Waals surface area contributed by atoms with Gasteiger partial charge in [0, 0.05) is 12.6 Å². The second kappa shape index (κ2) is 5.95. The molecular weight excluding hydrogens is 238 g/mol. The Hall–Kier alpha value is -2.18. The van der Waals surface area contributed by atoms with Crippen LogP contribution < -0.4 is 5.32 Å². The number of aromatic nitrogens is 1. The fraction of sp³-hybridized carbons (Fsp3) is 0.455. The summed E-state index contributed by atoms with van der Waals surface area (Å²) in [5.74, 6) is -0.927. The van der Waals surface area contributed by atoms with E-state index >= 15 is 0 Å². The summed E-state index contributed by atoms with van der Waals surface area (Å²) in [4.78, 5) is 24.9. The smallest absolute Gasteiger partial charge is 0.308 e. The Bertz CT molecular complexity index is 462. The minimum Gasteiger partial charge on any atom is -0.481 e. The van der Waals surface area contributed by atoms with Crippen LogP contribution in [0.5, 0.6) is 0 Å². The molecule has 0 spiro atoms. The SMILES string of the molecule is CCC(CNc1ccc([N+](=O)[O-])c(C)n1)C(=O)O. The van der Waals surface area contributed by atoms with Crippen molar-refractivity contribution >= 4 is 17.5 Å². The van der Waals surface area contributed by atoms with Gasteiger partial charge in [-0.2, -0.15) is 0 Å². The van der Waals surface area contributed by atoms with E-state index in [-0.39, 0.29) is 12.2 Å². The van der Waals surface area contributed by atoms with Crippen molar-refractivity contribution in [2.75, 3.05) is 11.9 Å². The molecule has 0 saturated heterocycles. The van der Waals surface area contributed by atoms with Crippen LogP contribution in [-0.2, 0) is 4.79 Å². The number of carbonyl (C=O) groups is 1. The summed E-state index contributed by atoms with van der Waals surface area (Å²) in [5, 5.41) is 22.3. The van der Waals surface area contributed by atoms with Crippen LogP contribution in [0.4, 0.5) is 11.5 Å². The third-order valence-electron chi connectivity index (χ3n) is 2.63. The van der Waals surface area contributed by atoms with Gasteiger partial charge in [0.25, 0.3) is 5.69 Å². The minimum atomic E-state index is -0.872. The van der Waals surface area contributed by atoms with E-state index in [1.807, 2.05) is 0 Å². The summed E-state index contributed by atoms with van der Waals surface area (Å²) in [7, 11) is 0. The molecule has 7 nitrogen and oxygen atoms in total. The Morgan fingerprint density at radius 1 is 1.61 bits per heavy atom. The number of hydrogen-bond donors (Lipinski definition) is 2. The molecule has 1 unspecified atom stereocenters. The van der Waals surface area contributed by atoms with Gasteiger partial charge in [0.05, 0.1) is 10.8 Å². The molecule has 0 amide bonds. The molecule has 1 atom stereocenters. The van der Waals surface area contributed by atoms with E-state index in [4.69, 9.17) is 5.11 Å². The Morgan fingerprint density at radius 3 is 2.72 bits per heavy atom. The van der Waals surface area contributed by atoms with Crippen molar-refractivity contribution < 1.29 is 14.8 Å². The molecule has 1 heterocycles. The fourth-order valence-electron chi connectivity index (χ4n) is 1.48. The number of rotatable bonds is 6. The molecule has 0 aromatic carbocycles. The van der Waals surface area contributed by atoms with Gasteiger partial charge < -0.3 is 10.4 Å². The first kappa shape index (κ1) is 13.9. The standard InChI is InChI=1S/C11H15N3O4/c1-3-8(11(15)16)6-12-10-5-4-9(14(17)18)7(2)13-10/h4-5,8H,3,6H2,1-2H3,(H,12,13)(H,15,16). The van der Waals surface area contributed by atoms with Gasteiger partial charge in [-0.1, -0.05) is 6.92 Å². The van der Waals surface area contributed by atoms with E-state index < -0.39 is 16.8 Å². The first-order valence-electron chi connectivity index (χ1n) is 5.54. The normalized spacial score (nSPS) is 11.9. The van der Waals surface area contributed by atoms with Crippen molar-refractivity contribution in [3.05, 3.63) is 27.9 Å². The Labute approximate surface area is 104 Å². The topological polar surface area (TPSA) is 105 Å². The van der Waals surface area contributed by atoms with Gasteiger partial charge in [0.1, 0.15) is 11.5 Å². The molecule has 2 N–H and O–H groups in total. The van der Waals surface area contributed by atoms with Gasteiger partial charge in [-0.15, -0.1) is 0 Å². The van der Waals surface area contributed by atoms with Gasteiger partial charge in [0.2, 0.25) is 0 Å². The van der Waals surface area contributed by atoms with Gasteiger partial charge in [0.15, 0.2) is 0 Å². The molecule has 0 saturated carbocycles. The molecule has 0 bridgehead atoms. The zero-order chi connectivity index (χ0) is 13.7. The van der Waals surface area contributed by atoms with Crippen molar-refractivity contribution in [3.8, 4) is 0 Å². The average Bonchev–Trinajstić information content (AvgIpc) is 2.28. The van der Waals surface area contributed by atoms with Crippen LogP contribution in [0.1, 0.15) is 19.0 Å². The molecular formula is C11H15N3O4. The summed E-state index contributed by atoms with van der Waals surface area (Å²) in [6.07, 6.45) is 0.508. The molecule has 0 fully saturated rings. The van der Waals surface area contributed by atoms with Crippen molar-refractivity contribution in [1.29, 1.82) is 0 Å². The van der Waals surface area contributed by atoms with Crippen LogP contribution in [0, 0.1) is 23.0 Å². The number of nitrogens with one attached hydrogen (secondary N) is 1. The second-order valence-electron chi connectivity index (χ2n) is 3.88. The number of aryl methyl sites for hydroxylation is 1. The maximum absolute atomic E-state index is 10.8. The van der Waals surface area contributed by atoms with Crippen molar-refractivity contribution in [3.63, 3.8) is 0 Å². The second-order valence-corrected chi connectivity index (χ2v) is 3.88. The lowest BCUT2D eigenvalue weighted by atomic mass is 10.1. The van der Waals surface area contributed by atoms with E-state index in [2.05, 4.69) is 10.3 Å². The highest BCUT2D eigenvalue weighted by atomic mass is 16.6. The zero-order valence-corrected chi connectivity index (χ0v) is 10.2. The van der Waals surface area contributed by atoms with Crippen LogP contribution in [-0.4, -0.2) is 27.5 Å². The Kier molecular flexibility index (Phi) is 4.59. The number of carboxylic acids is 1. The largest absolute Gasteiger partial charge is 0.481 e. The molecule has 0 aliphatic rings. The predicted octanol–water partition coefficient (Wildman–Crippen LogP) is 1.82. The monoisotopic (exact) mass is 253 g/mol. The molecule has 18 heavy (non-hydrogen) atoms. The summed E-state index contributed by atoms with van der Waals surface area (Å²) < 4.78 is 0. The van der Waals surface area contributed by atoms with Crippen LogP contribution in [0.3, 0.4) is 0 Å². The number of aliphatic carboxylic acids is 1. The quantitative estimate of drug-likeness (QED) is 0.591. The molecule has 7 heteroatoms. The number of hydrogen-bond acceptors (Lipinski definition) is 5. The molecule has 1 aromatic heterocycles. The Morgan fingerprint density at radius 2 is 2.28 bits per heavy atom. The zero-order valence-electron chi connectivity index (χ0n) is 10.2. The maximum atomic E-state index is 10.8. The lowest BCUT2D eigenvalue weighted by Crippen LogP contribution is -2.22. The van der Waals surface area contributed by atoms with E-state index in [9.17, 15) is 14.9 Å². The highest BCUT2D eigenvalue weighted by molar-refractivity contribution is 5.70. The fourth-order valence-corrected chi connectivity index (χ4v) is 1.48. The molecule has 0 aliphatic carbocycles. The average molecular weight is 253 g/mol. The van der Waals surface area contributed by atoms with Crippen molar-refractivity contribution in [2.24, 2.45) is 5.92 Å². The third-order valence-corrected chi connectivity index (χ3v) is 2.63.